The molecule has 1 aliphatic heterocycles. The number of rotatable bonds is 4. The Labute approximate surface area is 201 Å². The second-order valence-electron chi connectivity index (χ2n) is 9.78. The summed E-state index contributed by atoms with van der Waals surface area (Å²) in [6, 6.07) is 11.9. The Hall–Kier alpha value is -3.23. The van der Waals surface area contributed by atoms with Gasteiger partial charge in [0, 0.05) is 59.8 Å². The second kappa shape index (κ2) is 7.13. The van der Waals surface area contributed by atoms with Crippen molar-refractivity contribution in [2.75, 3.05) is 18.0 Å². The maximum Gasteiger partial charge on any atom is 0.243 e. The molecule has 3 aliphatic rings. The predicted octanol–water partition coefficient (Wildman–Crippen LogP) is 3.62. The molecule has 2 aliphatic carbocycles. The number of aryl methyl sites for hydroxylation is 1. The summed E-state index contributed by atoms with van der Waals surface area (Å²) in [5, 5.41) is 12.9. The van der Waals surface area contributed by atoms with Gasteiger partial charge in [0.25, 0.3) is 0 Å². The number of hydrogen-bond donors (Lipinski definition) is 1. The van der Waals surface area contributed by atoms with E-state index in [1.807, 2.05) is 12.1 Å². The topological polar surface area (TPSA) is 94.9 Å². The molecule has 0 atom stereocenters. The third-order valence-electron chi connectivity index (χ3n) is 7.58. The van der Waals surface area contributed by atoms with Gasteiger partial charge in [0.05, 0.1) is 5.69 Å². The summed E-state index contributed by atoms with van der Waals surface area (Å²) in [4.78, 5) is 17.7. The number of nitrogens with zero attached hydrogens (tertiary/aromatic N) is 5. The first-order valence-electron chi connectivity index (χ1n) is 11.7. The smallest absolute Gasteiger partial charge is 0.243 e. The highest BCUT2D eigenvalue weighted by atomic mass is 32.2. The number of fused-ring (bicyclic) bond motifs is 4. The quantitative estimate of drug-likeness (QED) is 0.245. The first-order chi connectivity index (χ1) is 16.5. The van der Waals surface area contributed by atoms with E-state index < -0.39 is 0 Å². The zero-order valence-electron chi connectivity index (χ0n) is 18.9. The van der Waals surface area contributed by atoms with E-state index in [-0.39, 0.29) is 5.54 Å². The summed E-state index contributed by atoms with van der Waals surface area (Å²) in [6.45, 7) is 4.05. The Kier molecular flexibility index (Phi) is 4.23. The Balaban J connectivity index is 1.29. The van der Waals surface area contributed by atoms with Crippen molar-refractivity contribution in [1.29, 1.82) is 0 Å². The van der Waals surface area contributed by atoms with Gasteiger partial charge in [0.1, 0.15) is 11.3 Å². The molecule has 7 rings (SSSR count). The molecule has 1 aromatic carbocycles. The van der Waals surface area contributed by atoms with Gasteiger partial charge in [-0.05, 0) is 54.3 Å². The van der Waals surface area contributed by atoms with Crippen LogP contribution in [0.5, 0.6) is 0 Å². The van der Waals surface area contributed by atoms with Gasteiger partial charge < -0.3 is 15.8 Å². The lowest BCUT2D eigenvalue weighted by Crippen LogP contribution is -2.56. The third kappa shape index (κ3) is 3.09. The predicted molar refractivity (Wildman–Crippen MR) is 132 cm³/mol. The molecule has 34 heavy (non-hydrogen) atoms. The standard InChI is InChI=1S/C26H24N6OS/c1-15-4-2-5-18-19(15)11-21-23(18)24(31-13-16(14-31)26(27)7-8-26)30-25(29-21)34-17-10-22-20(28-12-17)6-3-9-32(22)33/h2-6,9-10,12,16H,7-8,11,13-14,27H2,1H3. The van der Waals surface area contributed by atoms with Gasteiger partial charge in [-0.3, -0.25) is 0 Å². The normalized spacial score (nSPS) is 18.0. The van der Waals surface area contributed by atoms with E-state index in [4.69, 9.17) is 15.7 Å². The van der Waals surface area contributed by atoms with Gasteiger partial charge in [-0.15, -0.1) is 0 Å². The summed E-state index contributed by atoms with van der Waals surface area (Å²) in [6.07, 6.45) is 6.35. The SMILES string of the molecule is Cc1cccc2c1Cc1nc(Sc3cnc4ccc[n+]([O-])c4c3)nc(N3CC(C4(N)CC4)C3)c1-2. The highest BCUT2D eigenvalue weighted by Gasteiger charge is 2.51. The maximum atomic E-state index is 12.2. The van der Waals surface area contributed by atoms with Gasteiger partial charge in [-0.1, -0.05) is 18.2 Å². The molecule has 8 heteroatoms. The van der Waals surface area contributed by atoms with Gasteiger partial charge >= 0.3 is 0 Å². The van der Waals surface area contributed by atoms with Gasteiger partial charge in [-0.25, -0.2) is 15.0 Å². The average molecular weight is 469 g/mol. The molecule has 2 fully saturated rings. The molecule has 3 aromatic heterocycles. The number of pyridine rings is 2. The van der Waals surface area contributed by atoms with Crippen LogP contribution in [0.4, 0.5) is 5.82 Å². The summed E-state index contributed by atoms with van der Waals surface area (Å²) < 4.78 is 0.849. The zero-order chi connectivity index (χ0) is 23.0. The van der Waals surface area contributed by atoms with Crippen molar-refractivity contribution < 1.29 is 4.73 Å². The number of nitrogens with two attached hydrogens (primary N) is 1. The van der Waals surface area contributed by atoms with Crippen molar-refractivity contribution in [3.63, 3.8) is 0 Å². The molecule has 0 unspecified atom stereocenters. The minimum absolute atomic E-state index is 0.0310. The lowest BCUT2D eigenvalue weighted by Gasteiger charge is -2.44. The van der Waals surface area contributed by atoms with Crippen LogP contribution in [-0.4, -0.2) is 33.6 Å². The van der Waals surface area contributed by atoms with Crippen LogP contribution in [0.3, 0.4) is 0 Å². The van der Waals surface area contributed by atoms with E-state index in [1.165, 1.54) is 34.6 Å². The fourth-order valence-corrected chi connectivity index (χ4v) is 6.04. The van der Waals surface area contributed by atoms with Crippen molar-refractivity contribution in [2.24, 2.45) is 11.7 Å². The molecule has 4 aromatic rings. The van der Waals surface area contributed by atoms with Gasteiger partial charge in [-0.2, -0.15) is 4.73 Å². The van der Waals surface area contributed by atoms with Crippen LogP contribution in [0.1, 0.15) is 29.7 Å². The molecule has 2 N–H and O–H groups in total. The second-order valence-corrected chi connectivity index (χ2v) is 10.8. The lowest BCUT2D eigenvalue weighted by atomic mass is 9.89. The fraction of sp³-hybridized carbons (Fsp3) is 0.308. The van der Waals surface area contributed by atoms with Crippen molar-refractivity contribution >= 4 is 28.6 Å². The molecule has 170 valence electrons. The van der Waals surface area contributed by atoms with Crippen molar-refractivity contribution in [1.82, 2.24) is 15.0 Å². The summed E-state index contributed by atoms with van der Waals surface area (Å²) in [7, 11) is 0. The van der Waals surface area contributed by atoms with E-state index in [2.05, 4.69) is 35.0 Å². The van der Waals surface area contributed by atoms with Crippen molar-refractivity contribution in [2.45, 2.75) is 41.8 Å². The molecule has 0 bridgehead atoms. The first-order valence-corrected chi connectivity index (χ1v) is 12.5. The highest BCUT2D eigenvalue weighted by Crippen LogP contribution is 2.49. The largest absolute Gasteiger partial charge is 0.618 e. The van der Waals surface area contributed by atoms with Crippen LogP contribution >= 0.6 is 11.8 Å². The number of hydrogen-bond acceptors (Lipinski definition) is 7. The Morgan fingerprint density at radius 3 is 2.85 bits per heavy atom. The Bertz CT molecular complexity index is 1480. The lowest BCUT2D eigenvalue weighted by molar-refractivity contribution is -0.577. The van der Waals surface area contributed by atoms with Gasteiger partial charge in [0.15, 0.2) is 11.4 Å². The first kappa shape index (κ1) is 20.2. The van der Waals surface area contributed by atoms with E-state index >= 15 is 0 Å². The zero-order valence-corrected chi connectivity index (χ0v) is 19.7. The van der Waals surface area contributed by atoms with Crippen LogP contribution in [0.15, 0.2) is 58.8 Å². The van der Waals surface area contributed by atoms with Gasteiger partial charge in [0.2, 0.25) is 5.52 Å². The molecule has 4 heterocycles. The molecule has 7 nitrogen and oxygen atoms in total. The molecule has 1 saturated heterocycles. The van der Waals surface area contributed by atoms with E-state index in [0.29, 0.717) is 22.1 Å². The Morgan fingerprint density at radius 1 is 1.18 bits per heavy atom. The van der Waals surface area contributed by atoms with Crippen molar-refractivity contribution in [3.05, 3.63) is 70.8 Å². The molecule has 0 spiro atoms. The fourth-order valence-electron chi connectivity index (χ4n) is 5.26. The summed E-state index contributed by atoms with van der Waals surface area (Å²) >= 11 is 1.46. The number of aromatic nitrogens is 4. The maximum absolute atomic E-state index is 12.2. The van der Waals surface area contributed by atoms with E-state index in [0.717, 1.165) is 59.1 Å². The van der Waals surface area contributed by atoms with Crippen molar-refractivity contribution in [3.8, 4) is 11.1 Å². The molecular weight excluding hydrogens is 444 g/mol. The summed E-state index contributed by atoms with van der Waals surface area (Å²) in [5.41, 5.74) is 13.8. The monoisotopic (exact) mass is 468 g/mol. The molecule has 1 saturated carbocycles. The average Bonchev–Trinajstić information content (AvgIpc) is 3.40. The number of anilines is 1. The Morgan fingerprint density at radius 2 is 2.03 bits per heavy atom. The summed E-state index contributed by atoms with van der Waals surface area (Å²) in [5.74, 6) is 1.54. The van der Waals surface area contributed by atoms with Crippen LogP contribution in [-0.2, 0) is 6.42 Å². The van der Waals surface area contributed by atoms with Crippen LogP contribution < -0.4 is 15.4 Å². The van der Waals surface area contributed by atoms with E-state index in [9.17, 15) is 5.21 Å². The van der Waals surface area contributed by atoms with Crippen LogP contribution in [0, 0.1) is 18.0 Å². The number of benzene rings is 1. The van der Waals surface area contributed by atoms with Crippen LogP contribution in [0.2, 0.25) is 0 Å². The molecule has 0 amide bonds. The van der Waals surface area contributed by atoms with Crippen LogP contribution in [0.25, 0.3) is 22.2 Å². The minimum Gasteiger partial charge on any atom is -0.618 e. The highest BCUT2D eigenvalue weighted by molar-refractivity contribution is 7.99. The molecule has 0 radical (unpaired) electrons. The third-order valence-corrected chi connectivity index (χ3v) is 8.41. The minimum atomic E-state index is 0.0310. The van der Waals surface area contributed by atoms with E-state index in [1.54, 1.807) is 12.3 Å². The molecular formula is C26H24N6OS.